The zero-order valence-corrected chi connectivity index (χ0v) is 15.3. The molecule has 0 unspecified atom stereocenters. The molecule has 0 aliphatic heterocycles. The molecule has 2 amide bonds. The van der Waals surface area contributed by atoms with E-state index in [1.165, 1.54) is 23.8 Å². The number of halogens is 3. The van der Waals surface area contributed by atoms with Gasteiger partial charge >= 0.3 is 12.1 Å². The molecule has 5 nitrogen and oxygen atoms in total. The molecular weight excluding hydrogens is 373 g/mol. The number of hydrogen-bond donors (Lipinski definition) is 2. The number of carbonyl (C=O) groups excluding carboxylic acids is 2. The Labute approximate surface area is 160 Å². The van der Waals surface area contributed by atoms with Crippen LogP contribution in [0.25, 0.3) is 0 Å². The summed E-state index contributed by atoms with van der Waals surface area (Å²) in [6, 6.07) is 13.3. The van der Waals surface area contributed by atoms with Gasteiger partial charge in [-0.25, -0.2) is 0 Å². The number of nitrogens with one attached hydrogen (secondary N) is 2. The fourth-order valence-electron chi connectivity index (χ4n) is 2.42. The first-order valence-electron chi connectivity index (χ1n) is 8.74. The van der Waals surface area contributed by atoms with Crippen LogP contribution in [0, 0.1) is 0 Å². The first kappa shape index (κ1) is 21.3. The molecule has 0 fully saturated rings. The number of rotatable bonds is 8. The van der Waals surface area contributed by atoms with Gasteiger partial charge in [-0.2, -0.15) is 13.2 Å². The van der Waals surface area contributed by atoms with Crippen molar-refractivity contribution in [3.8, 4) is 5.75 Å². The van der Waals surface area contributed by atoms with Crippen LogP contribution in [-0.2, 0) is 22.6 Å². The summed E-state index contributed by atoms with van der Waals surface area (Å²) in [7, 11) is 0. The third-order valence-corrected chi connectivity index (χ3v) is 3.83. The Morgan fingerprint density at radius 3 is 2.36 bits per heavy atom. The molecule has 0 atom stereocenters. The summed E-state index contributed by atoms with van der Waals surface area (Å²) in [6.45, 7) is 1.80. The third-order valence-electron chi connectivity index (χ3n) is 3.83. The van der Waals surface area contributed by atoms with Crippen LogP contribution in [0.2, 0.25) is 0 Å². The monoisotopic (exact) mass is 394 g/mol. The minimum atomic E-state index is -4.99. The Morgan fingerprint density at radius 1 is 1.04 bits per heavy atom. The van der Waals surface area contributed by atoms with E-state index in [1.54, 1.807) is 23.5 Å². The van der Waals surface area contributed by atoms with Crippen molar-refractivity contribution in [2.24, 2.45) is 0 Å². The molecule has 0 bridgehead atoms. The third kappa shape index (κ3) is 6.61. The van der Waals surface area contributed by atoms with Crippen LogP contribution >= 0.6 is 0 Å². The molecule has 2 aromatic carbocycles. The van der Waals surface area contributed by atoms with Crippen molar-refractivity contribution < 1.29 is 27.5 Å². The summed E-state index contributed by atoms with van der Waals surface area (Å²) in [6.07, 6.45) is -2.99. The second-order valence-electron chi connectivity index (χ2n) is 6.07. The lowest BCUT2D eigenvalue weighted by atomic mass is 10.1. The van der Waals surface area contributed by atoms with Gasteiger partial charge in [0.25, 0.3) is 5.91 Å². The predicted octanol–water partition coefficient (Wildman–Crippen LogP) is 3.84. The number of anilines is 1. The van der Waals surface area contributed by atoms with Crippen molar-refractivity contribution in [1.29, 1.82) is 0 Å². The van der Waals surface area contributed by atoms with Gasteiger partial charge in [0, 0.05) is 12.2 Å². The molecular formula is C20H21F3N2O3. The van der Waals surface area contributed by atoms with Crippen molar-refractivity contribution in [3.05, 3.63) is 59.7 Å². The zero-order chi connectivity index (χ0) is 20.6. The summed E-state index contributed by atoms with van der Waals surface area (Å²) in [5, 5.41) is 4.36. The highest BCUT2D eigenvalue weighted by Crippen LogP contribution is 2.21. The normalized spacial score (nSPS) is 11.0. The molecule has 0 aliphatic rings. The first-order valence-corrected chi connectivity index (χ1v) is 8.74. The SMILES string of the molecule is CCCc1ccc(OCC(=O)NCc2ccccc2NC(=O)C(F)(F)F)cc1. The average Bonchev–Trinajstić information content (AvgIpc) is 2.66. The lowest BCUT2D eigenvalue weighted by Gasteiger charge is -2.13. The molecule has 0 heterocycles. The van der Waals surface area contributed by atoms with Gasteiger partial charge in [-0.15, -0.1) is 0 Å². The fourth-order valence-corrected chi connectivity index (χ4v) is 2.42. The van der Waals surface area contributed by atoms with Crippen LogP contribution in [-0.4, -0.2) is 24.6 Å². The van der Waals surface area contributed by atoms with Crippen molar-refractivity contribution in [2.45, 2.75) is 32.5 Å². The standard InChI is InChI=1S/C20H21F3N2O3/c1-2-5-14-8-10-16(11-9-14)28-13-18(26)24-12-15-6-3-4-7-17(15)25-19(27)20(21,22)23/h3-4,6-11H,2,5,12-13H2,1H3,(H,24,26)(H,25,27). The highest BCUT2D eigenvalue weighted by molar-refractivity contribution is 5.95. The number of ether oxygens (including phenoxy) is 1. The van der Waals surface area contributed by atoms with E-state index in [9.17, 15) is 22.8 Å². The number of carbonyl (C=O) groups is 2. The molecule has 150 valence electrons. The predicted molar refractivity (Wildman–Crippen MR) is 98.9 cm³/mol. The van der Waals surface area contributed by atoms with E-state index in [0.29, 0.717) is 11.3 Å². The molecule has 0 aliphatic carbocycles. The fraction of sp³-hybridized carbons (Fsp3) is 0.300. The van der Waals surface area contributed by atoms with E-state index in [2.05, 4.69) is 12.2 Å². The van der Waals surface area contributed by atoms with Gasteiger partial charge in [0.2, 0.25) is 0 Å². The molecule has 2 rings (SSSR count). The molecule has 0 aromatic heterocycles. The van der Waals surface area contributed by atoms with E-state index >= 15 is 0 Å². The van der Waals surface area contributed by atoms with Crippen LogP contribution in [0.4, 0.5) is 18.9 Å². The summed E-state index contributed by atoms with van der Waals surface area (Å²) < 4.78 is 42.6. The highest BCUT2D eigenvalue weighted by atomic mass is 19.4. The van der Waals surface area contributed by atoms with Crippen LogP contribution in [0.1, 0.15) is 24.5 Å². The molecule has 2 aromatic rings. The minimum Gasteiger partial charge on any atom is -0.484 e. The number of alkyl halides is 3. The summed E-state index contributed by atoms with van der Waals surface area (Å²) in [4.78, 5) is 23.1. The lowest BCUT2D eigenvalue weighted by molar-refractivity contribution is -0.167. The first-order chi connectivity index (χ1) is 13.3. The van der Waals surface area contributed by atoms with Gasteiger partial charge < -0.3 is 15.4 Å². The summed E-state index contributed by atoms with van der Waals surface area (Å²) >= 11 is 0. The Balaban J connectivity index is 1.86. The van der Waals surface area contributed by atoms with Crippen molar-refractivity contribution in [3.63, 3.8) is 0 Å². The van der Waals surface area contributed by atoms with Crippen molar-refractivity contribution in [1.82, 2.24) is 5.32 Å². The van der Waals surface area contributed by atoms with E-state index in [1.807, 2.05) is 12.1 Å². The van der Waals surface area contributed by atoms with E-state index < -0.39 is 18.0 Å². The van der Waals surface area contributed by atoms with Gasteiger partial charge in [0.1, 0.15) is 5.75 Å². The number of hydrogen-bond acceptors (Lipinski definition) is 3. The van der Waals surface area contributed by atoms with E-state index in [0.717, 1.165) is 12.8 Å². The molecule has 0 saturated heterocycles. The summed E-state index contributed by atoms with van der Waals surface area (Å²) in [5.74, 6) is -1.96. The second-order valence-corrected chi connectivity index (χ2v) is 6.07. The van der Waals surface area contributed by atoms with Crippen LogP contribution < -0.4 is 15.4 Å². The van der Waals surface area contributed by atoms with Crippen LogP contribution in [0.15, 0.2) is 48.5 Å². The van der Waals surface area contributed by atoms with E-state index in [4.69, 9.17) is 4.74 Å². The summed E-state index contributed by atoms with van der Waals surface area (Å²) in [5.41, 5.74) is 1.51. The largest absolute Gasteiger partial charge is 0.484 e. The maximum atomic E-state index is 12.4. The Hall–Kier alpha value is -3.03. The molecule has 0 radical (unpaired) electrons. The molecule has 8 heteroatoms. The highest BCUT2D eigenvalue weighted by Gasteiger charge is 2.38. The van der Waals surface area contributed by atoms with Crippen molar-refractivity contribution in [2.75, 3.05) is 11.9 Å². The van der Waals surface area contributed by atoms with Gasteiger partial charge in [0.15, 0.2) is 6.61 Å². The molecule has 0 spiro atoms. The maximum absolute atomic E-state index is 12.4. The Kier molecular flexibility index (Phi) is 7.43. The van der Waals surface area contributed by atoms with Gasteiger partial charge in [-0.1, -0.05) is 43.7 Å². The Bertz CT molecular complexity index is 805. The van der Waals surface area contributed by atoms with Gasteiger partial charge in [0.05, 0.1) is 0 Å². The number of aryl methyl sites for hydroxylation is 1. The topological polar surface area (TPSA) is 67.4 Å². The number of benzene rings is 2. The van der Waals surface area contributed by atoms with Crippen molar-refractivity contribution >= 4 is 17.5 Å². The average molecular weight is 394 g/mol. The molecule has 0 saturated carbocycles. The van der Waals surface area contributed by atoms with Gasteiger partial charge in [-0.3, -0.25) is 9.59 Å². The number of para-hydroxylation sites is 1. The van der Waals surface area contributed by atoms with Crippen LogP contribution in [0.5, 0.6) is 5.75 Å². The second kappa shape index (κ2) is 9.77. The molecule has 2 N–H and O–H groups in total. The smallest absolute Gasteiger partial charge is 0.471 e. The van der Waals surface area contributed by atoms with E-state index in [-0.39, 0.29) is 18.8 Å². The zero-order valence-electron chi connectivity index (χ0n) is 15.3. The number of amides is 2. The lowest BCUT2D eigenvalue weighted by Crippen LogP contribution is -2.31. The van der Waals surface area contributed by atoms with Crippen LogP contribution in [0.3, 0.4) is 0 Å². The Morgan fingerprint density at radius 2 is 1.71 bits per heavy atom. The quantitative estimate of drug-likeness (QED) is 0.715. The minimum absolute atomic E-state index is 0.0162. The molecule has 28 heavy (non-hydrogen) atoms. The van der Waals surface area contributed by atoms with Gasteiger partial charge in [-0.05, 0) is 35.7 Å². The maximum Gasteiger partial charge on any atom is 0.471 e.